The van der Waals surface area contributed by atoms with Crippen molar-refractivity contribution in [3.8, 4) is 0 Å². The number of carbonyl (C=O) groups excluding carboxylic acids is 2. The van der Waals surface area contributed by atoms with Crippen molar-refractivity contribution >= 4 is 29.3 Å². The van der Waals surface area contributed by atoms with Crippen molar-refractivity contribution in [3.05, 3.63) is 58.5 Å². The normalized spacial score (nSPS) is 10.0. The summed E-state index contributed by atoms with van der Waals surface area (Å²) in [6.45, 7) is -0.462. The Morgan fingerprint density at radius 3 is 2.73 bits per heavy atom. The predicted molar refractivity (Wildman–Crippen MR) is 84.2 cm³/mol. The average Bonchev–Trinajstić information content (AvgIpc) is 2.53. The Labute approximate surface area is 130 Å². The summed E-state index contributed by atoms with van der Waals surface area (Å²) in [6.07, 6.45) is 3.30. The minimum Gasteiger partial charge on any atom is -0.452 e. The number of hydrogen-bond donors (Lipinski definition) is 2. The third-order valence-electron chi connectivity index (χ3n) is 2.75. The third-order valence-corrected chi connectivity index (χ3v) is 3.55. The van der Waals surface area contributed by atoms with Gasteiger partial charge in [0.2, 0.25) is 0 Å². The van der Waals surface area contributed by atoms with Crippen molar-refractivity contribution in [2.24, 2.45) is 0 Å². The van der Waals surface area contributed by atoms with Crippen LogP contribution < -0.4 is 10.9 Å². The lowest BCUT2D eigenvalue weighted by Crippen LogP contribution is -2.24. The molecular formula is C15H14N2O4S. The van der Waals surface area contributed by atoms with E-state index in [4.69, 9.17) is 4.74 Å². The molecule has 1 heterocycles. The minimum absolute atomic E-state index is 0.139. The van der Waals surface area contributed by atoms with Gasteiger partial charge in [0.25, 0.3) is 11.5 Å². The Morgan fingerprint density at radius 1 is 1.23 bits per heavy atom. The fourth-order valence-electron chi connectivity index (χ4n) is 1.73. The maximum absolute atomic E-state index is 11.8. The molecule has 0 saturated heterocycles. The summed E-state index contributed by atoms with van der Waals surface area (Å²) in [6, 6.07) is 10.1. The van der Waals surface area contributed by atoms with Crippen molar-refractivity contribution in [1.29, 1.82) is 0 Å². The van der Waals surface area contributed by atoms with Crippen LogP contribution in [0.3, 0.4) is 0 Å². The van der Waals surface area contributed by atoms with E-state index in [1.165, 1.54) is 30.1 Å². The summed E-state index contributed by atoms with van der Waals surface area (Å²) in [5, 5.41) is 2.66. The second-order valence-electron chi connectivity index (χ2n) is 4.24. The van der Waals surface area contributed by atoms with E-state index in [0.29, 0.717) is 5.69 Å². The zero-order chi connectivity index (χ0) is 15.9. The van der Waals surface area contributed by atoms with Crippen molar-refractivity contribution in [2.45, 2.75) is 4.90 Å². The maximum atomic E-state index is 11.8. The molecule has 2 rings (SSSR count). The molecule has 0 aliphatic carbocycles. The summed E-state index contributed by atoms with van der Waals surface area (Å²) in [4.78, 5) is 38.2. The number of rotatable bonds is 5. The number of anilines is 1. The number of esters is 1. The molecule has 2 N–H and O–H groups in total. The van der Waals surface area contributed by atoms with Crippen LogP contribution in [-0.4, -0.2) is 29.7 Å². The fraction of sp³-hybridized carbons (Fsp3) is 0.133. The zero-order valence-corrected chi connectivity index (χ0v) is 12.6. The summed E-state index contributed by atoms with van der Waals surface area (Å²) in [5.74, 6) is -1.31. The first-order valence-electron chi connectivity index (χ1n) is 6.39. The number of nitrogens with one attached hydrogen (secondary N) is 2. The molecule has 1 amide bonds. The van der Waals surface area contributed by atoms with Crippen LogP contribution in [0.5, 0.6) is 0 Å². The van der Waals surface area contributed by atoms with E-state index < -0.39 is 24.0 Å². The van der Waals surface area contributed by atoms with Gasteiger partial charge in [-0.15, -0.1) is 11.8 Å². The molecule has 6 nitrogen and oxygen atoms in total. The molecule has 0 fully saturated rings. The lowest BCUT2D eigenvalue weighted by molar-refractivity contribution is -0.119. The third kappa shape index (κ3) is 3.98. The second kappa shape index (κ2) is 7.46. The maximum Gasteiger partial charge on any atom is 0.344 e. The fourth-order valence-corrected chi connectivity index (χ4v) is 2.28. The molecule has 0 aliphatic heterocycles. The van der Waals surface area contributed by atoms with Gasteiger partial charge in [0, 0.05) is 11.1 Å². The quantitative estimate of drug-likeness (QED) is 0.649. The highest BCUT2D eigenvalue weighted by atomic mass is 32.2. The largest absolute Gasteiger partial charge is 0.452 e. The highest BCUT2D eigenvalue weighted by Gasteiger charge is 2.14. The number of aromatic nitrogens is 1. The van der Waals surface area contributed by atoms with Gasteiger partial charge in [-0.05, 0) is 30.5 Å². The number of thioether (sulfide) groups is 1. The Balaban J connectivity index is 1.95. The van der Waals surface area contributed by atoms with Crippen LogP contribution >= 0.6 is 11.8 Å². The number of hydrogen-bond acceptors (Lipinski definition) is 5. The smallest absolute Gasteiger partial charge is 0.344 e. The van der Waals surface area contributed by atoms with E-state index in [2.05, 4.69) is 10.3 Å². The van der Waals surface area contributed by atoms with Crippen LogP contribution in [0, 0.1) is 0 Å². The van der Waals surface area contributed by atoms with Crippen LogP contribution in [-0.2, 0) is 9.53 Å². The topological polar surface area (TPSA) is 88.3 Å². The molecular weight excluding hydrogens is 304 g/mol. The Morgan fingerprint density at radius 2 is 2.00 bits per heavy atom. The molecule has 0 radical (unpaired) electrons. The molecule has 1 aromatic carbocycles. The number of benzene rings is 1. The van der Waals surface area contributed by atoms with Crippen LogP contribution in [0.15, 0.2) is 52.3 Å². The number of carbonyl (C=O) groups is 2. The molecule has 0 aliphatic rings. The minimum atomic E-state index is -0.838. The summed E-state index contributed by atoms with van der Waals surface area (Å²) in [7, 11) is 0. The van der Waals surface area contributed by atoms with Gasteiger partial charge in [-0.25, -0.2) is 4.79 Å². The SMILES string of the molecule is CSc1ccccc1NC(=O)COC(=O)c1ccc[nH]c1=O. The van der Waals surface area contributed by atoms with E-state index in [-0.39, 0.29) is 5.56 Å². The van der Waals surface area contributed by atoms with Crippen molar-refractivity contribution in [1.82, 2.24) is 4.98 Å². The Hall–Kier alpha value is -2.54. The summed E-state index contributed by atoms with van der Waals surface area (Å²) < 4.78 is 4.84. The molecule has 114 valence electrons. The molecule has 0 saturated carbocycles. The molecule has 0 atom stereocenters. The van der Waals surface area contributed by atoms with Crippen LogP contribution in [0.4, 0.5) is 5.69 Å². The van der Waals surface area contributed by atoms with Gasteiger partial charge in [-0.2, -0.15) is 0 Å². The van der Waals surface area contributed by atoms with Gasteiger partial charge in [0.1, 0.15) is 5.56 Å². The first-order valence-corrected chi connectivity index (χ1v) is 7.62. The molecule has 2 aromatic rings. The number of para-hydroxylation sites is 1. The molecule has 0 bridgehead atoms. The second-order valence-corrected chi connectivity index (χ2v) is 5.09. The zero-order valence-electron chi connectivity index (χ0n) is 11.8. The standard InChI is InChI=1S/C15H14N2O4S/c1-22-12-7-3-2-6-11(12)17-13(18)9-21-15(20)10-5-4-8-16-14(10)19/h2-8H,9H2,1H3,(H,16,19)(H,17,18). The number of ether oxygens (including phenoxy) is 1. The van der Waals surface area contributed by atoms with Gasteiger partial charge in [0.15, 0.2) is 6.61 Å². The Kier molecular flexibility index (Phi) is 5.37. The van der Waals surface area contributed by atoms with Crippen LogP contribution in [0.1, 0.15) is 10.4 Å². The first-order chi connectivity index (χ1) is 10.6. The molecule has 7 heteroatoms. The molecule has 0 spiro atoms. The average molecular weight is 318 g/mol. The van der Waals surface area contributed by atoms with Gasteiger partial charge in [0.05, 0.1) is 5.69 Å². The van der Waals surface area contributed by atoms with Crippen LogP contribution in [0.2, 0.25) is 0 Å². The molecule has 1 aromatic heterocycles. The van der Waals surface area contributed by atoms with E-state index in [9.17, 15) is 14.4 Å². The van der Waals surface area contributed by atoms with E-state index in [0.717, 1.165) is 4.90 Å². The van der Waals surface area contributed by atoms with Crippen molar-refractivity contribution in [3.63, 3.8) is 0 Å². The van der Waals surface area contributed by atoms with Crippen LogP contribution in [0.25, 0.3) is 0 Å². The van der Waals surface area contributed by atoms with Crippen molar-refractivity contribution < 1.29 is 14.3 Å². The number of pyridine rings is 1. The monoisotopic (exact) mass is 318 g/mol. The van der Waals surface area contributed by atoms with Gasteiger partial charge >= 0.3 is 5.97 Å². The van der Waals surface area contributed by atoms with E-state index in [1.54, 1.807) is 12.1 Å². The summed E-state index contributed by atoms with van der Waals surface area (Å²) in [5.41, 5.74) is -0.0472. The first kappa shape index (κ1) is 15.8. The van der Waals surface area contributed by atoms with E-state index in [1.807, 2.05) is 18.4 Å². The summed E-state index contributed by atoms with van der Waals surface area (Å²) >= 11 is 1.49. The van der Waals surface area contributed by atoms with Gasteiger partial charge in [-0.1, -0.05) is 12.1 Å². The number of amides is 1. The van der Waals surface area contributed by atoms with E-state index >= 15 is 0 Å². The van der Waals surface area contributed by atoms with Crippen molar-refractivity contribution in [2.75, 3.05) is 18.2 Å². The Bertz CT molecular complexity index is 742. The van der Waals surface area contributed by atoms with Gasteiger partial charge < -0.3 is 15.0 Å². The highest BCUT2D eigenvalue weighted by molar-refractivity contribution is 7.98. The lowest BCUT2D eigenvalue weighted by Gasteiger charge is -2.09. The lowest BCUT2D eigenvalue weighted by atomic mass is 10.3. The number of aromatic amines is 1. The predicted octanol–water partition coefficient (Wildman–Crippen LogP) is 1.89. The molecule has 0 unspecified atom stereocenters. The molecule has 22 heavy (non-hydrogen) atoms. The highest BCUT2D eigenvalue weighted by Crippen LogP contribution is 2.24. The number of H-pyrrole nitrogens is 1. The van der Waals surface area contributed by atoms with Gasteiger partial charge in [-0.3, -0.25) is 9.59 Å².